The maximum absolute atomic E-state index is 9.32. The van der Waals surface area contributed by atoms with E-state index < -0.39 is 0 Å². The highest BCUT2D eigenvalue weighted by Crippen LogP contribution is 2.38. The van der Waals surface area contributed by atoms with Gasteiger partial charge in [0, 0.05) is 12.6 Å². The summed E-state index contributed by atoms with van der Waals surface area (Å²) in [6.07, 6.45) is 2.16. The highest BCUT2D eigenvalue weighted by atomic mass is 16.5. The summed E-state index contributed by atoms with van der Waals surface area (Å²) in [7, 11) is 3.38. The molecule has 0 saturated heterocycles. The molecule has 2 unspecified atom stereocenters. The van der Waals surface area contributed by atoms with Crippen LogP contribution in [0.3, 0.4) is 0 Å². The van der Waals surface area contributed by atoms with Crippen molar-refractivity contribution in [2.24, 2.45) is 5.73 Å². The molecule has 0 bridgehead atoms. The number of ether oxygens (including phenoxy) is 2. The van der Waals surface area contributed by atoms with Gasteiger partial charge in [0.05, 0.1) is 26.9 Å². The lowest BCUT2D eigenvalue weighted by Gasteiger charge is -2.28. The summed E-state index contributed by atoms with van der Waals surface area (Å²) in [6.45, 7) is 4.17. The highest BCUT2D eigenvalue weighted by molar-refractivity contribution is 5.84. The van der Waals surface area contributed by atoms with Gasteiger partial charge in [-0.15, -0.1) is 0 Å². The average molecular weight is 421 g/mol. The van der Waals surface area contributed by atoms with Crippen molar-refractivity contribution in [1.29, 1.82) is 0 Å². The molecule has 164 valence electrons. The third-order valence-electron chi connectivity index (χ3n) is 6.47. The molecular formula is C26H32N2O3. The first-order valence-electron chi connectivity index (χ1n) is 10.9. The van der Waals surface area contributed by atoms with Gasteiger partial charge in [-0.05, 0) is 83.6 Å². The Balaban J connectivity index is 1.59. The largest absolute Gasteiger partial charge is 0.493 e. The number of aryl methyl sites for hydroxylation is 1. The number of aliphatic hydroxyl groups is 1. The smallest absolute Gasteiger partial charge is 0.161 e. The van der Waals surface area contributed by atoms with E-state index in [1.807, 2.05) is 6.07 Å². The number of fused-ring (bicyclic) bond motifs is 2. The Morgan fingerprint density at radius 1 is 1.03 bits per heavy atom. The standard InChI is InChI=1S/C26H32N2O3/c1-17-23-14-26(31-3)25(30-2)13-21(23)5-4-10-28(17)15-18-6-7-20-12-22(24(27)16-29)9-8-19(20)11-18/h6-9,11-14,17,24,29H,4-5,10,15-16,27H2,1-3H3. The van der Waals surface area contributed by atoms with E-state index in [1.165, 1.54) is 22.1 Å². The van der Waals surface area contributed by atoms with Gasteiger partial charge in [0.25, 0.3) is 0 Å². The summed E-state index contributed by atoms with van der Waals surface area (Å²) in [5, 5.41) is 11.7. The fourth-order valence-electron chi connectivity index (χ4n) is 4.60. The normalized spacial score (nSPS) is 17.8. The van der Waals surface area contributed by atoms with Crippen molar-refractivity contribution in [2.45, 2.75) is 38.4 Å². The molecule has 0 aliphatic carbocycles. The number of rotatable bonds is 6. The van der Waals surface area contributed by atoms with Gasteiger partial charge >= 0.3 is 0 Å². The number of nitrogens with two attached hydrogens (primary N) is 1. The van der Waals surface area contributed by atoms with Crippen molar-refractivity contribution in [2.75, 3.05) is 27.4 Å². The maximum atomic E-state index is 9.32. The van der Waals surface area contributed by atoms with Gasteiger partial charge in [-0.25, -0.2) is 0 Å². The van der Waals surface area contributed by atoms with Crippen LogP contribution in [0.1, 0.15) is 47.7 Å². The Bertz CT molecular complexity index is 1070. The molecule has 0 fully saturated rings. The molecule has 5 nitrogen and oxygen atoms in total. The summed E-state index contributed by atoms with van der Waals surface area (Å²) >= 11 is 0. The second-order valence-electron chi connectivity index (χ2n) is 8.39. The molecule has 0 amide bonds. The van der Waals surface area contributed by atoms with Crippen molar-refractivity contribution >= 4 is 10.8 Å². The number of hydrogen-bond acceptors (Lipinski definition) is 5. The molecule has 0 aromatic heterocycles. The average Bonchev–Trinajstić information content (AvgIpc) is 2.95. The van der Waals surface area contributed by atoms with Crippen LogP contribution in [-0.4, -0.2) is 37.4 Å². The molecule has 3 aromatic carbocycles. The molecule has 31 heavy (non-hydrogen) atoms. The molecule has 1 aliphatic heterocycles. The van der Waals surface area contributed by atoms with E-state index >= 15 is 0 Å². The van der Waals surface area contributed by atoms with Crippen molar-refractivity contribution in [1.82, 2.24) is 4.90 Å². The minimum atomic E-state index is -0.335. The van der Waals surface area contributed by atoms with Crippen LogP contribution in [0.25, 0.3) is 10.8 Å². The maximum Gasteiger partial charge on any atom is 0.161 e. The lowest BCUT2D eigenvalue weighted by atomic mass is 9.98. The predicted molar refractivity (Wildman–Crippen MR) is 125 cm³/mol. The molecule has 1 heterocycles. The monoisotopic (exact) mass is 420 g/mol. The Morgan fingerprint density at radius 3 is 2.48 bits per heavy atom. The molecule has 5 heteroatoms. The van der Waals surface area contributed by atoms with Gasteiger partial charge in [-0.2, -0.15) is 0 Å². The van der Waals surface area contributed by atoms with Crippen molar-refractivity contribution in [3.05, 3.63) is 70.8 Å². The third-order valence-corrected chi connectivity index (χ3v) is 6.47. The minimum Gasteiger partial charge on any atom is -0.493 e. The molecule has 0 saturated carbocycles. The lowest BCUT2D eigenvalue weighted by Crippen LogP contribution is -2.26. The van der Waals surface area contributed by atoms with Crippen LogP contribution in [0.4, 0.5) is 0 Å². The van der Waals surface area contributed by atoms with Crippen LogP contribution < -0.4 is 15.2 Å². The van der Waals surface area contributed by atoms with Crippen LogP contribution in [0.5, 0.6) is 11.5 Å². The third kappa shape index (κ3) is 4.40. The van der Waals surface area contributed by atoms with Crippen molar-refractivity contribution in [3.8, 4) is 11.5 Å². The summed E-state index contributed by atoms with van der Waals surface area (Å²) < 4.78 is 11.1. The summed E-state index contributed by atoms with van der Waals surface area (Å²) in [6, 6.07) is 17.0. The summed E-state index contributed by atoms with van der Waals surface area (Å²) in [5.74, 6) is 1.59. The molecule has 2 atom stereocenters. The minimum absolute atomic E-state index is 0.0471. The van der Waals surface area contributed by atoms with Gasteiger partial charge in [-0.1, -0.05) is 24.3 Å². The molecule has 0 radical (unpaired) electrons. The number of hydrogen-bond donors (Lipinski definition) is 2. The van der Waals surface area contributed by atoms with E-state index in [1.54, 1.807) is 14.2 Å². The van der Waals surface area contributed by atoms with Crippen molar-refractivity contribution < 1.29 is 14.6 Å². The topological polar surface area (TPSA) is 68.0 Å². The molecule has 3 N–H and O–H groups in total. The molecule has 0 spiro atoms. The predicted octanol–water partition coefficient (Wildman–Crippen LogP) is 4.36. The van der Waals surface area contributed by atoms with Gasteiger partial charge < -0.3 is 20.3 Å². The van der Waals surface area contributed by atoms with Gasteiger partial charge in [0.1, 0.15) is 0 Å². The summed E-state index contributed by atoms with van der Waals surface area (Å²) in [5.41, 5.74) is 10.9. The Kier molecular flexibility index (Phi) is 6.46. The van der Waals surface area contributed by atoms with Crippen LogP contribution in [-0.2, 0) is 13.0 Å². The highest BCUT2D eigenvalue weighted by Gasteiger charge is 2.24. The molecular weight excluding hydrogens is 388 g/mol. The molecule has 4 rings (SSSR count). The first kappa shape index (κ1) is 21.6. The number of methoxy groups -OCH3 is 2. The van der Waals surface area contributed by atoms with E-state index in [4.69, 9.17) is 15.2 Å². The SMILES string of the molecule is COc1cc2c(cc1OC)C(C)N(Cc1ccc3cc(C(N)CO)ccc3c1)CCC2. The zero-order valence-corrected chi connectivity index (χ0v) is 18.6. The summed E-state index contributed by atoms with van der Waals surface area (Å²) in [4.78, 5) is 2.54. The van der Waals surface area contributed by atoms with Crippen LogP contribution >= 0.6 is 0 Å². The van der Waals surface area contributed by atoms with E-state index in [2.05, 4.69) is 54.3 Å². The van der Waals surface area contributed by atoms with E-state index in [9.17, 15) is 5.11 Å². The van der Waals surface area contributed by atoms with Gasteiger partial charge in [0.2, 0.25) is 0 Å². The Labute approximate surface area is 184 Å². The van der Waals surface area contributed by atoms with Gasteiger partial charge in [-0.3, -0.25) is 4.90 Å². The second kappa shape index (κ2) is 9.27. The van der Waals surface area contributed by atoms with Crippen LogP contribution in [0, 0.1) is 0 Å². The zero-order chi connectivity index (χ0) is 22.0. The lowest BCUT2D eigenvalue weighted by molar-refractivity contribution is 0.205. The Morgan fingerprint density at radius 2 is 1.74 bits per heavy atom. The fourth-order valence-corrected chi connectivity index (χ4v) is 4.60. The van der Waals surface area contributed by atoms with Crippen LogP contribution in [0.15, 0.2) is 48.5 Å². The van der Waals surface area contributed by atoms with E-state index in [0.717, 1.165) is 48.4 Å². The molecule has 3 aromatic rings. The zero-order valence-electron chi connectivity index (χ0n) is 18.6. The number of nitrogens with zero attached hydrogens (tertiary/aromatic N) is 1. The van der Waals surface area contributed by atoms with E-state index in [-0.39, 0.29) is 18.7 Å². The van der Waals surface area contributed by atoms with Crippen molar-refractivity contribution in [3.63, 3.8) is 0 Å². The van der Waals surface area contributed by atoms with Gasteiger partial charge in [0.15, 0.2) is 11.5 Å². The first-order chi connectivity index (χ1) is 15.0. The number of benzene rings is 3. The Hall–Kier alpha value is -2.60. The molecule has 1 aliphatic rings. The fraction of sp³-hybridized carbons (Fsp3) is 0.385. The second-order valence-corrected chi connectivity index (χ2v) is 8.39. The van der Waals surface area contributed by atoms with Crippen LogP contribution in [0.2, 0.25) is 0 Å². The van der Waals surface area contributed by atoms with E-state index in [0.29, 0.717) is 0 Å². The quantitative estimate of drug-likeness (QED) is 0.620. The first-order valence-corrected chi connectivity index (χ1v) is 10.9. The number of aliphatic hydroxyl groups excluding tert-OH is 1.